The largest absolute Gasteiger partial charge is 0.493 e. The normalized spacial score (nSPS) is 11.6. The van der Waals surface area contributed by atoms with Gasteiger partial charge in [0.2, 0.25) is 0 Å². The number of anilines is 1. The number of benzene rings is 2. The number of hydrogen-bond donors (Lipinski definition) is 1. The molecular formula is C17H18ClNO3. The quantitative estimate of drug-likeness (QED) is 0.870. The van der Waals surface area contributed by atoms with E-state index in [0.29, 0.717) is 28.6 Å². The molecule has 2 aromatic carbocycles. The molecule has 0 saturated carbocycles. The monoisotopic (exact) mass is 319 g/mol. The van der Waals surface area contributed by atoms with Crippen molar-refractivity contribution in [2.24, 2.45) is 0 Å². The van der Waals surface area contributed by atoms with Crippen molar-refractivity contribution in [3.8, 4) is 11.5 Å². The molecule has 0 heterocycles. The summed E-state index contributed by atoms with van der Waals surface area (Å²) in [7, 11) is 1.56. The minimum absolute atomic E-state index is 0.249. The first-order chi connectivity index (χ1) is 10.7. The Balaban J connectivity index is 2.11. The van der Waals surface area contributed by atoms with Crippen LogP contribution in [0.25, 0.3) is 0 Å². The average molecular weight is 320 g/mol. The van der Waals surface area contributed by atoms with E-state index < -0.39 is 6.10 Å². The lowest BCUT2D eigenvalue weighted by molar-refractivity contribution is -0.122. The van der Waals surface area contributed by atoms with Gasteiger partial charge >= 0.3 is 0 Å². The van der Waals surface area contributed by atoms with Crippen molar-refractivity contribution in [3.05, 3.63) is 53.6 Å². The van der Waals surface area contributed by atoms with Crippen LogP contribution in [-0.4, -0.2) is 19.1 Å². The highest BCUT2D eigenvalue weighted by molar-refractivity contribution is 6.33. The molecule has 5 heteroatoms. The number of amides is 1. The molecule has 0 saturated heterocycles. The second-order valence-electron chi connectivity index (χ2n) is 4.63. The molecule has 0 bridgehead atoms. The maximum Gasteiger partial charge on any atom is 0.265 e. The highest BCUT2D eigenvalue weighted by Gasteiger charge is 2.20. The Morgan fingerprint density at radius 2 is 1.77 bits per heavy atom. The first-order valence-corrected chi connectivity index (χ1v) is 7.38. The zero-order chi connectivity index (χ0) is 15.9. The summed E-state index contributed by atoms with van der Waals surface area (Å²) in [6, 6.07) is 14.3. The zero-order valence-electron chi connectivity index (χ0n) is 12.5. The van der Waals surface area contributed by atoms with Crippen LogP contribution in [-0.2, 0) is 4.79 Å². The molecule has 1 amide bonds. The molecule has 0 aromatic heterocycles. The summed E-state index contributed by atoms with van der Waals surface area (Å²) in [5.74, 6) is 0.874. The molecule has 0 aliphatic heterocycles. The first-order valence-electron chi connectivity index (χ1n) is 7.00. The fourth-order valence-corrected chi connectivity index (χ4v) is 2.15. The highest BCUT2D eigenvalue weighted by Crippen LogP contribution is 2.28. The van der Waals surface area contributed by atoms with Gasteiger partial charge in [-0.05, 0) is 30.7 Å². The Labute approximate surface area is 135 Å². The van der Waals surface area contributed by atoms with Gasteiger partial charge in [-0.1, -0.05) is 42.8 Å². The van der Waals surface area contributed by atoms with Crippen LogP contribution in [0.3, 0.4) is 0 Å². The molecule has 2 aromatic rings. The lowest BCUT2D eigenvalue weighted by Gasteiger charge is -2.19. The maximum atomic E-state index is 12.4. The van der Waals surface area contributed by atoms with Gasteiger partial charge in [0.05, 0.1) is 17.8 Å². The number of halogens is 1. The molecule has 116 valence electrons. The molecule has 0 fully saturated rings. The van der Waals surface area contributed by atoms with Crippen molar-refractivity contribution >= 4 is 23.2 Å². The molecule has 2 rings (SSSR count). The summed E-state index contributed by atoms with van der Waals surface area (Å²) in [5, 5.41) is 3.27. The highest BCUT2D eigenvalue weighted by atomic mass is 35.5. The molecule has 4 nitrogen and oxygen atoms in total. The van der Waals surface area contributed by atoms with E-state index in [0.717, 1.165) is 0 Å². The number of carbonyl (C=O) groups is 1. The van der Waals surface area contributed by atoms with Crippen LogP contribution in [0.4, 0.5) is 5.69 Å². The van der Waals surface area contributed by atoms with E-state index in [2.05, 4.69) is 5.32 Å². The number of hydrogen-bond acceptors (Lipinski definition) is 3. The van der Waals surface area contributed by atoms with Crippen molar-refractivity contribution in [1.82, 2.24) is 0 Å². The van der Waals surface area contributed by atoms with Gasteiger partial charge in [-0.25, -0.2) is 0 Å². The van der Waals surface area contributed by atoms with Crippen molar-refractivity contribution in [3.63, 3.8) is 0 Å². The molecule has 0 spiro atoms. The predicted molar refractivity (Wildman–Crippen MR) is 87.8 cm³/mol. The zero-order valence-corrected chi connectivity index (χ0v) is 13.3. The van der Waals surface area contributed by atoms with E-state index in [-0.39, 0.29) is 5.91 Å². The molecule has 0 aliphatic carbocycles. The minimum Gasteiger partial charge on any atom is -0.493 e. The van der Waals surface area contributed by atoms with E-state index >= 15 is 0 Å². The van der Waals surface area contributed by atoms with Gasteiger partial charge in [0, 0.05) is 0 Å². The molecule has 0 aliphatic rings. The fraction of sp³-hybridized carbons (Fsp3) is 0.235. The van der Waals surface area contributed by atoms with Crippen molar-refractivity contribution in [2.45, 2.75) is 19.4 Å². The fourth-order valence-electron chi connectivity index (χ4n) is 1.97. The smallest absolute Gasteiger partial charge is 0.265 e. The minimum atomic E-state index is -0.632. The number of nitrogens with one attached hydrogen (secondary N) is 1. The Morgan fingerprint density at radius 1 is 1.14 bits per heavy atom. The lowest BCUT2D eigenvalue weighted by Crippen LogP contribution is -2.32. The SMILES string of the molecule is CC[C@@H](Oc1ccccc1OC)C(=O)Nc1ccccc1Cl. The third-order valence-corrected chi connectivity index (χ3v) is 3.46. The van der Waals surface area contributed by atoms with E-state index in [4.69, 9.17) is 21.1 Å². The summed E-state index contributed by atoms with van der Waals surface area (Å²) >= 11 is 6.05. The van der Waals surface area contributed by atoms with Crippen molar-refractivity contribution in [2.75, 3.05) is 12.4 Å². The number of carbonyl (C=O) groups excluding carboxylic acids is 1. The van der Waals surface area contributed by atoms with Crippen molar-refractivity contribution < 1.29 is 14.3 Å². The molecule has 1 atom stereocenters. The van der Waals surface area contributed by atoms with Gasteiger partial charge in [-0.2, -0.15) is 0 Å². The molecule has 1 N–H and O–H groups in total. The Bertz CT molecular complexity index is 645. The summed E-state index contributed by atoms with van der Waals surface area (Å²) in [6.45, 7) is 1.88. The lowest BCUT2D eigenvalue weighted by atomic mass is 10.2. The predicted octanol–water partition coefficient (Wildman–Crippen LogP) is 4.14. The second-order valence-corrected chi connectivity index (χ2v) is 5.04. The second kappa shape index (κ2) is 7.71. The van der Waals surface area contributed by atoms with Crippen LogP contribution in [0.1, 0.15) is 13.3 Å². The van der Waals surface area contributed by atoms with Gasteiger partial charge in [-0.15, -0.1) is 0 Å². The van der Waals surface area contributed by atoms with Gasteiger partial charge in [0.25, 0.3) is 5.91 Å². The van der Waals surface area contributed by atoms with Crippen LogP contribution < -0.4 is 14.8 Å². The summed E-state index contributed by atoms with van der Waals surface area (Å²) in [4.78, 5) is 12.4. The van der Waals surface area contributed by atoms with E-state index in [1.54, 1.807) is 37.4 Å². The Kier molecular flexibility index (Phi) is 5.67. The third kappa shape index (κ3) is 3.92. The number of rotatable bonds is 6. The summed E-state index contributed by atoms with van der Waals surface area (Å²) in [5.41, 5.74) is 0.566. The van der Waals surface area contributed by atoms with Crippen molar-refractivity contribution in [1.29, 1.82) is 0 Å². The average Bonchev–Trinajstić information content (AvgIpc) is 2.55. The number of methoxy groups -OCH3 is 1. The Morgan fingerprint density at radius 3 is 2.41 bits per heavy atom. The number of ether oxygens (including phenoxy) is 2. The third-order valence-electron chi connectivity index (χ3n) is 3.13. The van der Waals surface area contributed by atoms with E-state index in [1.165, 1.54) is 0 Å². The van der Waals surface area contributed by atoms with Crippen LogP contribution in [0.15, 0.2) is 48.5 Å². The molecule has 0 unspecified atom stereocenters. The summed E-state index contributed by atoms with van der Waals surface area (Å²) < 4.78 is 11.0. The maximum absolute atomic E-state index is 12.4. The van der Waals surface area contributed by atoms with Crippen LogP contribution in [0.2, 0.25) is 5.02 Å². The van der Waals surface area contributed by atoms with Crippen LogP contribution >= 0.6 is 11.6 Å². The van der Waals surface area contributed by atoms with Gasteiger partial charge in [-0.3, -0.25) is 4.79 Å². The van der Waals surface area contributed by atoms with Crippen LogP contribution in [0.5, 0.6) is 11.5 Å². The Hall–Kier alpha value is -2.20. The van der Waals surface area contributed by atoms with Crippen LogP contribution in [0, 0.1) is 0 Å². The number of para-hydroxylation sites is 3. The van der Waals surface area contributed by atoms with Gasteiger partial charge in [0.15, 0.2) is 17.6 Å². The van der Waals surface area contributed by atoms with E-state index in [1.807, 2.05) is 25.1 Å². The topological polar surface area (TPSA) is 47.6 Å². The van der Waals surface area contributed by atoms with Gasteiger partial charge in [0.1, 0.15) is 0 Å². The molecule has 0 radical (unpaired) electrons. The van der Waals surface area contributed by atoms with E-state index in [9.17, 15) is 4.79 Å². The standard InChI is InChI=1S/C17H18ClNO3/c1-3-14(22-16-11-7-6-10-15(16)21-2)17(20)19-13-9-5-4-8-12(13)18/h4-11,14H,3H2,1-2H3,(H,19,20)/t14-/m1/s1. The first kappa shape index (κ1) is 16.2. The molecular weight excluding hydrogens is 302 g/mol. The van der Waals surface area contributed by atoms with Gasteiger partial charge < -0.3 is 14.8 Å². The summed E-state index contributed by atoms with van der Waals surface area (Å²) in [6.07, 6.45) is -0.110. The molecule has 22 heavy (non-hydrogen) atoms.